The summed E-state index contributed by atoms with van der Waals surface area (Å²) in [7, 11) is 0. The van der Waals surface area contributed by atoms with Gasteiger partial charge in [-0.1, -0.05) is 6.07 Å². The van der Waals surface area contributed by atoms with Crippen LogP contribution in [-0.4, -0.2) is 16.1 Å². The van der Waals surface area contributed by atoms with Crippen LogP contribution in [0.5, 0.6) is 0 Å². The van der Waals surface area contributed by atoms with E-state index >= 15 is 0 Å². The molecule has 1 N–H and O–H groups in total. The van der Waals surface area contributed by atoms with Crippen molar-refractivity contribution in [1.82, 2.24) is 4.40 Å². The zero-order valence-electron chi connectivity index (χ0n) is 6.96. The SMILES string of the molecule is C1=Nc2c3ccccn3c[n+]2C1.[OH-]. The molecule has 2 aromatic heterocycles. The van der Waals surface area contributed by atoms with Gasteiger partial charge in [0.15, 0.2) is 11.8 Å². The molecule has 3 heterocycles. The summed E-state index contributed by atoms with van der Waals surface area (Å²) in [6, 6.07) is 6.13. The fourth-order valence-electron chi connectivity index (χ4n) is 1.59. The molecule has 66 valence electrons. The Morgan fingerprint density at radius 1 is 1.38 bits per heavy atom. The van der Waals surface area contributed by atoms with Gasteiger partial charge in [0.2, 0.25) is 0 Å². The first-order chi connectivity index (χ1) is 5.95. The molecule has 0 atom stereocenters. The highest BCUT2D eigenvalue weighted by Gasteiger charge is 2.18. The molecule has 0 radical (unpaired) electrons. The molecule has 0 fully saturated rings. The molecular formula is C9H9N3O. The molecule has 0 saturated carbocycles. The Labute approximate surface area is 75.1 Å². The molecule has 0 spiro atoms. The quantitative estimate of drug-likeness (QED) is 0.545. The molecule has 1 aliphatic heterocycles. The lowest BCUT2D eigenvalue weighted by atomic mass is 10.4. The summed E-state index contributed by atoms with van der Waals surface area (Å²) >= 11 is 0. The van der Waals surface area contributed by atoms with E-state index < -0.39 is 0 Å². The molecule has 0 unspecified atom stereocenters. The van der Waals surface area contributed by atoms with Crippen molar-refractivity contribution >= 4 is 17.5 Å². The zero-order valence-corrected chi connectivity index (χ0v) is 6.96. The van der Waals surface area contributed by atoms with Crippen molar-refractivity contribution in [1.29, 1.82) is 0 Å². The summed E-state index contributed by atoms with van der Waals surface area (Å²) in [5.74, 6) is 1.07. The van der Waals surface area contributed by atoms with Gasteiger partial charge in [-0.2, -0.15) is 0 Å². The van der Waals surface area contributed by atoms with E-state index in [-0.39, 0.29) is 5.48 Å². The summed E-state index contributed by atoms with van der Waals surface area (Å²) in [6.45, 7) is 0.900. The summed E-state index contributed by atoms with van der Waals surface area (Å²) in [4.78, 5) is 4.30. The Bertz CT molecular complexity index is 473. The van der Waals surface area contributed by atoms with Gasteiger partial charge in [0.05, 0.1) is 6.20 Å². The maximum atomic E-state index is 4.30. The van der Waals surface area contributed by atoms with Crippen LogP contribution in [0.25, 0.3) is 5.52 Å². The number of imidazole rings is 1. The largest absolute Gasteiger partial charge is 0.870 e. The monoisotopic (exact) mass is 175 g/mol. The Hall–Kier alpha value is -1.68. The lowest BCUT2D eigenvalue weighted by Gasteiger charge is -1.83. The summed E-state index contributed by atoms with van der Waals surface area (Å²) in [5, 5.41) is 0. The lowest BCUT2D eigenvalue weighted by Crippen LogP contribution is -2.28. The number of hydrogen-bond donors (Lipinski definition) is 0. The van der Waals surface area contributed by atoms with Gasteiger partial charge < -0.3 is 5.48 Å². The third kappa shape index (κ3) is 0.957. The average molecular weight is 175 g/mol. The molecule has 4 nitrogen and oxygen atoms in total. The van der Waals surface area contributed by atoms with Crippen molar-refractivity contribution in [2.45, 2.75) is 6.54 Å². The number of rotatable bonds is 0. The fourth-order valence-corrected chi connectivity index (χ4v) is 1.59. The molecule has 1 aliphatic rings. The van der Waals surface area contributed by atoms with Gasteiger partial charge in [0.25, 0.3) is 0 Å². The van der Waals surface area contributed by atoms with E-state index in [9.17, 15) is 0 Å². The maximum Gasteiger partial charge on any atom is 0.302 e. The highest BCUT2D eigenvalue weighted by molar-refractivity contribution is 5.71. The third-order valence-electron chi connectivity index (χ3n) is 2.15. The van der Waals surface area contributed by atoms with Crippen LogP contribution >= 0.6 is 0 Å². The predicted molar refractivity (Wildman–Crippen MR) is 47.7 cm³/mol. The first-order valence-corrected chi connectivity index (χ1v) is 3.97. The Balaban J connectivity index is 0.000000653. The topological polar surface area (TPSA) is 50.6 Å². The van der Waals surface area contributed by atoms with Gasteiger partial charge >= 0.3 is 5.82 Å². The van der Waals surface area contributed by atoms with Gasteiger partial charge in [-0.25, -0.2) is 8.97 Å². The molecule has 0 saturated heterocycles. The smallest absolute Gasteiger partial charge is 0.302 e. The molecule has 0 amide bonds. The second kappa shape index (κ2) is 2.67. The van der Waals surface area contributed by atoms with Crippen molar-refractivity contribution in [3.63, 3.8) is 0 Å². The Kier molecular flexibility index (Phi) is 1.63. The van der Waals surface area contributed by atoms with E-state index in [1.165, 1.54) is 5.52 Å². The van der Waals surface area contributed by atoms with Crippen molar-refractivity contribution in [2.75, 3.05) is 0 Å². The third-order valence-corrected chi connectivity index (χ3v) is 2.15. The second-order valence-electron chi connectivity index (χ2n) is 2.90. The number of hydrogen-bond acceptors (Lipinski definition) is 2. The van der Waals surface area contributed by atoms with Crippen LogP contribution < -0.4 is 4.57 Å². The molecule has 13 heavy (non-hydrogen) atoms. The Morgan fingerprint density at radius 3 is 3.23 bits per heavy atom. The highest BCUT2D eigenvalue weighted by Crippen LogP contribution is 2.17. The summed E-state index contributed by atoms with van der Waals surface area (Å²) in [6.07, 6.45) is 6.04. The average Bonchev–Trinajstić information content (AvgIpc) is 2.62. The number of pyridine rings is 1. The Morgan fingerprint density at radius 2 is 2.31 bits per heavy atom. The van der Waals surface area contributed by atoms with E-state index in [0.29, 0.717) is 0 Å². The maximum absolute atomic E-state index is 4.30. The van der Waals surface area contributed by atoms with E-state index in [4.69, 9.17) is 0 Å². The van der Waals surface area contributed by atoms with Gasteiger partial charge in [0, 0.05) is 0 Å². The standard InChI is InChI=1S/C9H8N3.H2O/c1-2-5-11-7-12-6-4-10-9(12)8(11)3-1;/h1-5,7H,6H2;1H2/q+1;/p-1. The van der Waals surface area contributed by atoms with Crippen molar-refractivity contribution in [2.24, 2.45) is 4.99 Å². The molecule has 0 aliphatic carbocycles. The van der Waals surface area contributed by atoms with Gasteiger partial charge in [-0.05, 0) is 12.1 Å². The minimum absolute atomic E-state index is 0. The molecule has 3 rings (SSSR count). The van der Waals surface area contributed by atoms with Crippen molar-refractivity contribution in [3.8, 4) is 0 Å². The van der Waals surface area contributed by atoms with Gasteiger partial charge in [-0.15, -0.1) is 4.99 Å². The first-order valence-electron chi connectivity index (χ1n) is 3.97. The van der Waals surface area contributed by atoms with Crippen LogP contribution in [0, 0.1) is 0 Å². The second-order valence-corrected chi connectivity index (χ2v) is 2.90. The minimum Gasteiger partial charge on any atom is -0.870 e. The minimum atomic E-state index is 0. The van der Waals surface area contributed by atoms with Crippen LogP contribution in [-0.2, 0) is 6.54 Å². The zero-order chi connectivity index (χ0) is 7.97. The van der Waals surface area contributed by atoms with Crippen LogP contribution in [0.15, 0.2) is 35.7 Å². The molecule has 0 aromatic carbocycles. The number of aromatic nitrogens is 2. The molecule has 2 aromatic rings. The van der Waals surface area contributed by atoms with E-state index in [1.54, 1.807) is 0 Å². The van der Waals surface area contributed by atoms with E-state index in [2.05, 4.69) is 26.4 Å². The fraction of sp³-hybridized carbons (Fsp3) is 0.111. The van der Waals surface area contributed by atoms with E-state index in [0.717, 1.165) is 12.4 Å². The van der Waals surface area contributed by atoms with Crippen molar-refractivity contribution < 1.29 is 10.0 Å². The van der Waals surface area contributed by atoms with Gasteiger partial charge in [-0.3, -0.25) is 0 Å². The number of fused-ring (bicyclic) bond motifs is 3. The molecular weight excluding hydrogens is 166 g/mol. The summed E-state index contributed by atoms with van der Waals surface area (Å²) in [5.41, 5.74) is 1.17. The number of nitrogens with zero attached hydrogens (tertiary/aromatic N) is 3. The summed E-state index contributed by atoms with van der Waals surface area (Å²) < 4.78 is 4.22. The van der Waals surface area contributed by atoms with Crippen LogP contribution in [0.3, 0.4) is 0 Å². The lowest BCUT2D eigenvalue weighted by molar-refractivity contribution is -0.662. The highest BCUT2D eigenvalue weighted by atomic mass is 16.0. The normalized spacial score (nSPS) is 12.9. The first kappa shape index (κ1) is 7.94. The van der Waals surface area contributed by atoms with Crippen LogP contribution in [0.4, 0.5) is 5.82 Å². The molecule has 4 heteroatoms. The van der Waals surface area contributed by atoms with Crippen LogP contribution in [0.2, 0.25) is 0 Å². The van der Waals surface area contributed by atoms with Gasteiger partial charge in [0.1, 0.15) is 12.8 Å². The van der Waals surface area contributed by atoms with E-state index in [1.807, 2.05) is 24.5 Å². The van der Waals surface area contributed by atoms with Crippen molar-refractivity contribution in [3.05, 3.63) is 30.7 Å². The predicted octanol–water partition coefficient (Wildman–Crippen LogP) is 0.766. The van der Waals surface area contributed by atoms with Crippen LogP contribution in [0.1, 0.15) is 0 Å². The number of aliphatic imine (C=N–C) groups is 1. The molecule has 0 bridgehead atoms.